The van der Waals surface area contributed by atoms with Gasteiger partial charge in [-0.15, -0.1) is 0 Å². The van der Waals surface area contributed by atoms with Crippen LogP contribution in [0.2, 0.25) is 0 Å². The third-order valence-electron chi connectivity index (χ3n) is 5.09. The maximum Gasteiger partial charge on any atom is 0.416 e. The van der Waals surface area contributed by atoms with Crippen LogP contribution in [0.5, 0.6) is 0 Å². The van der Waals surface area contributed by atoms with E-state index in [1.165, 1.54) is 12.5 Å². The third-order valence-corrected chi connectivity index (χ3v) is 5.09. The van der Waals surface area contributed by atoms with Crippen LogP contribution in [0, 0.1) is 12.8 Å². The molecule has 0 amide bonds. The van der Waals surface area contributed by atoms with E-state index in [-0.39, 0.29) is 12.5 Å². The van der Waals surface area contributed by atoms with E-state index in [1.54, 1.807) is 36.8 Å². The Kier molecular flexibility index (Phi) is 14.9. The number of benzene rings is 1. The van der Waals surface area contributed by atoms with Gasteiger partial charge in [0, 0.05) is 30.2 Å². The molecule has 0 aliphatic carbocycles. The van der Waals surface area contributed by atoms with Gasteiger partial charge in [-0.3, -0.25) is 9.97 Å². The fraction of sp³-hybridized carbons (Fsp3) is 0.400. The van der Waals surface area contributed by atoms with Crippen LogP contribution >= 0.6 is 0 Å². The molecule has 0 aliphatic rings. The molecule has 7 heteroatoms. The van der Waals surface area contributed by atoms with Crippen LogP contribution in [0.25, 0.3) is 0 Å². The molecule has 3 aromatic rings. The van der Waals surface area contributed by atoms with Crippen LogP contribution in [0.4, 0.5) is 13.2 Å². The number of ether oxygens (including phenoxy) is 1. The fourth-order valence-corrected chi connectivity index (χ4v) is 3.33. The summed E-state index contributed by atoms with van der Waals surface area (Å²) in [6, 6.07) is 14.5. The van der Waals surface area contributed by atoms with E-state index in [1.807, 2.05) is 45.0 Å². The van der Waals surface area contributed by atoms with Crippen LogP contribution in [-0.2, 0) is 17.5 Å². The number of aliphatic hydroxyl groups excluding tert-OH is 1. The fourth-order valence-electron chi connectivity index (χ4n) is 3.33. The Balaban J connectivity index is 0.000000572. The van der Waals surface area contributed by atoms with Gasteiger partial charge < -0.3 is 9.84 Å². The number of alkyl halides is 3. The highest BCUT2D eigenvalue weighted by Crippen LogP contribution is 2.33. The van der Waals surface area contributed by atoms with Gasteiger partial charge in [-0.2, -0.15) is 13.2 Å². The number of rotatable bonds is 8. The van der Waals surface area contributed by atoms with Crippen molar-refractivity contribution in [3.05, 3.63) is 107 Å². The Bertz CT molecular complexity index is 1030. The first kappa shape index (κ1) is 31.8. The van der Waals surface area contributed by atoms with Crippen molar-refractivity contribution in [2.24, 2.45) is 5.92 Å². The standard InChI is InChI=1S/C21H24F3NO2.C6H7N.C3H8/c1-3-7-19(18(4-2)20(26)16-9-6-11-25-13-16)27-14-15-8-5-10-17(12-15)21(22,23)24;1-6-4-2-3-5-7-6;1-3-2/h5-13,18,20,26H,3-4,14H2,1-2H3;2-5H,1H3;3H2,1-2H3/b19-7-;;. The van der Waals surface area contributed by atoms with Crippen LogP contribution in [0.3, 0.4) is 0 Å². The minimum absolute atomic E-state index is 0.00597. The van der Waals surface area contributed by atoms with Crippen LogP contribution in [0.1, 0.15) is 75.4 Å². The van der Waals surface area contributed by atoms with Gasteiger partial charge in [0.05, 0.1) is 17.4 Å². The summed E-state index contributed by atoms with van der Waals surface area (Å²) in [4.78, 5) is 8.01. The topological polar surface area (TPSA) is 55.2 Å². The van der Waals surface area contributed by atoms with E-state index < -0.39 is 17.8 Å². The molecule has 0 aliphatic heterocycles. The predicted molar refractivity (Wildman–Crippen MR) is 143 cm³/mol. The highest BCUT2D eigenvalue weighted by molar-refractivity contribution is 5.25. The monoisotopic (exact) mass is 516 g/mol. The van der Waals surface area contributed by atoms with E-state index in [0.29, 0.717) is 29.7 Å². The van der Waals surface area contributed by atoms with E-state index in [4.69, 9.17) is 4.74 Å². The summed E-state index contributed by atoms with van der Waals surface area (Å²) >= 11 is 0. The lowest BCUT2D eigenvalue weighted by Crippen LogP contribution is -2.17. The minimum Gasteiger partial charge on any atom is -0.493 e. The molecular weight excluding hydrogens is 477 g/mol. The summed E-state index contributed by atoms with van der Waals surface area (Å²) < 4.78 is 44.5. The Morgan fingerprint density at radius 2 is 1.73 bits per heavy atom. The summed E-state index contributed by atoms with van der Waals surface area (Å²) in [5, 5.41) is 10.7. The van der Waals surface area contributed by atoms with Crippen molar-refractivity contribution in [2.45, 2.75) is 72.8 Å². The number of nitrogens with zero attached hydrogens (tertiary/aromatic N) is 2. The molecule has 202 valence electrons. The summed E-state index contributed by atoms with van der Waals surface area (Å²) in [5.41, 5.74) is 1.47. The smallest absolute Gasteiger partial charge is 0.416 e. The van der Waals surface area contributed by atoms with Gasteiger partial charge in [0.2, 0.25) is 0 Å². The first-order valence-corrected chi connectivity index (χ1v) is 12.6. The minimum atomic E-state index is -4.39. The summed E-state index contributed by atoms with van der Waals surface area (Å²) in [5.74, 6) is 0.272. The Hall–Kier alpha value is -3.19. The normalized spacial score (nSPS) is 12.8. The molecule has 0 saturated heterocycles. The van der Waals surface area contributed by atoms with Gasteiger partial charge in [-0.25, -0.2) is 0 Å². The number of aliphatic hydroxyl groups is 1. The molecule has 2 unspecified atom stereocenters. The van der Waals surface area contributed by atoms with Gasteiger partial charge in [-0.1, -0.05) is 58.4 Å². The second-order valence-electron chi connectivity index (χ2n) is 8.43. The molecule has 0 spiro atoms. The quantitative estimate of drug-likeness (QED) is 0.305. The first-order chi connectivity index (χ1) is 17.7. The first-order valence-electron chi connectivity index (χ1n) is 12.6. The number of allylic oxidation sites excluding steroid dienone is 1. The molecule has 0 fully saturated rings. The number of aromatic nitrogens is 2. The van der Waals surface area contributed by atoms with Crippen LogP contribution < -0.4 is 0 Å². The van der Waals surface area contributed by atoms with Crippen molar-refractivity contribution < 1.29 is 23.0 Å². The molecule has 4 nitrogen and oxygen atoms in total. The zero-order valence-electron chi connectivity index (χ0n) is 22.4. The SMILES string of the molecule is CC/C=C(\OCc1cccc(C(F)(F)F)c1)C(CC)C(O)c1cccnc1.CCC.Cc1ccccn1. The Morgan fingerprint density at radius 1 is 1.00 bits per heavy atom. The zero-order valence-corrected chi connectivity index (χ0v) is 22.4. The average Bonchev–Trinajstić information content (AvgIpc) is 2.89. The average molecular weight is 517 g/mol. The molecule has 0 bridgehead atoms. The molecule has 0 radical (unpaired) electrons. The Labute approximate surface area is 219 Å². The molecule has 37 heavy (non-hydrogen) atoms. The number of hydrogen-bond acceptors (Lipinski definition) is 4. The maximum absolute atomic E-state index is 12.9. The van der Waals surface area contributed by atoms with E-state index in [0.717, 1.165) is 17.8 Å². The second-order valence-corrected chi connectivity index (χ2v) is 8.43. The highest BCUT2D eigenvalue weighted by atomic mass is 19.4. The van der Waals surface area contributed by atoms with Gasteiger partial charge in [0.1, 0.15) is 6.61 Å². The molecule has 1 aromatic carbocycles. The van der Waals surface area contributed by atoms with Crippen LogP contribution in [0.15, 0.2) is 85.0 Å². The lowest BCUT2D eigenvalue weighted by Gasteiger charge is -2.25. The summed E-state index contributed by atoms with van der Waals surface area (Å²) in [6.07, 6.45) is 4.24. The molecule has 2 heterocycles. The summed E-state index contributed by atoms with van der Waals surface area (Å²) in [7, 11) is 0. The lowest BCUT2D eigenvalue weighted by molar-refractivity contribution is -0.137. The molecule has 2 aromatic heterocycles. The molecule has 2 atom stereocenters. The van der Waals surface area contributed by atoms with Crippen molar-refractivity contribution in [3.8, 4) is 0 Å². The van der Waals surface area contributed by atoms with Crippen molar-refractivity contribution in [3.63, 3.8) is 0 Å². The van der Waals surface area contributed by atoms with Gasteiger partial charge >= 0.3 is 6.18 Å². The highest BCUT2D eigenvalue weighted by Gasteiger charge is 2.30. The van der Waals surface area contributed by atoms with E-state index in [9.17, 15) is 18.3 Å². The second kappa shape index (κ2) is 17.3. The lowest BCUT2D eigenvalue weighted by atomic mass is 9.92. The third kappa shape index (κ3) is 12.1. The van der Waals surface area contributed by atoms with Crippen molar-refractivity contribution >= 4 is 0 Å². The number of aryl methyl sites for hydroxylation is 1. The number of hydrogen-bond donors (Lipinski definition) is 1. The number of pyridine rings is 2. The Morgan fingerprint density at radius 3 is 2.22 bits per heavy atom. The zero-order chi connectivity index (χ0) is 27.7. The van der Waals surface area contributed by atoms with E-state index in [2.05, 4.69) is 23.8 Å². The summed E-state index contributed by atoms with van der Waals surface area (Å²) in [6.45, 7) is 10.1. The molecule has 0 saturated carbocycles. The molecule has 1 N–H and O–H groups in total. The molecule has 3 rings (SSSR count). The largest absolute Gasteiger partial charge is 0.493 e. The van der Waals surface area contributed by atoms with Crippen molar-refractivity contribution in [1.82, 2.24) is 9.97 Å². The number of halogens is 3. The van der Waals surface area contributed by atoms with Gasteiger partial charge in [-0.05, 0) is 67.3 Å². The van der Waals surface area contributed by atoms with Crippen molar-refractivity contribution in [1.29, 1.82) is 0 Å². The van der Waals surface area contributed by atoms with Gasteiger partial charge in [0.25, 0.3) is 0 Å². The van der Waals surface area contributed by atoms with Crippen molar-refractivity contribution in [2.75, 3.05) is 0 Å². The van der Waals surface area contributed by atoms with Gasteiger partial charge in [0.15, 0.2) is 0 Å². The molecular formula is C30H39F3N2O2. The van der Waals surface area contributed by atoms with Crippen LogP contribution in [-0.4, -0.2) is 15.1 Å². The predicted octanol–water partition coefficient (Wildman–Crippen LogP) is 8.48. The van der Waals surface area contributed by atoms with E-state index >= 15 is 0 Å². The maximum atomic E-state index is 12.9.